The van der Waals surface area contributed by atoms with Crippen LogP contribution in [0.4, 0.5) is 0 Å². The van der Waals surface area contributed by atoms with E-state index in [0.29, 0.717) is 19.5 Å². The Hall–Kier alpha value is -0.600. The summed E-state index contributed by atoms with van der Waals surface area (Å²) in [6.07, 6.45) is 0.418. The topological polar surface area (TPSA) is 73.9 Å². The number of carbonyl (C=O) groups excluding carboxylic acids is 2. The van der Waals surface area contributed by atoms with Crippen LogP contribution < -0.4 is 10.6 Å². The van der Waals surface area contributed by atoms with Crippen molar-refractivity contribution < 1.29 is 14.3 Å². The highest BCUT2D eigenvalue weighted by molar-refractivity contribution is 5.85. The molecule has 0 saturated carbocycles. The number of ether oxygens (including phenoxy) is 1. The molecule has 2 fully saturated rings. The van der Waals surface area contributed by atoms with Crippen molar-refractivity contribution in [2.75, 3.05) is 59.5 Å². The molecule has 0 aromatic carbocycles. The number of rotatable bonds is 7. The van der Waals surface area contributed by atoms with Crippen molar-refractivity contribution in [2.45, 2.75) is 19.4 Å². The molecule has 0 aliphatic carbocycles. The number of hydrogen-bond acceptors (Lipinski definition) is 5. The molecule has 0 bridgehead atoms. The Morgan fingerprint density at radius 2 is 1.96 bits per heavy atom. The SMILES string of the molecule is CNCC(C)C(=O)NC1CC(=O)N(CCN2CCOCC2)C1.Cl.Cl. The van der Waals surface area contributed by atoms with Crippen molar-refractivity contribution in [1.82, 2.24) is 20.4 Å². The van der Waals surface area contributed by atoms with Crippen LogP contribution in [0.2, 0.25) is 0 Å². The van der Waals surface area contributed by atoms with Crippen molar-refractivity contribution in [2.24, 2.45) is 5.92 Å². The number of hydrogen-bond donors (Lipinski definition) is 2. The Bertz CT molecular complexity index is 395. The number of halogens is 2. The third-order valence-corrected chi connectivity index (χ3v) is 4.31. The van der Waals surface area contributed by atoms with E-state index < -0.39 is 0 Å². The number of morpholine rings is 1. The van der Waals surface area contributed by atoms with Gasteiger partial charge in [0.15, 0.2) is 0 Å². The fraction of sp³-hybridized carbons (Fsp3) is 0.867. The highest BCUT2D eigenvalue weighted by atomic mass is 35.5. The Labute approximate surface area is 156 Å². The molecule has 2 heterocycles. The summed E-state index contributed by atoms with van der Waals surface area (Å²) < 4.78 is 5.32. The first-order valence-corrected chi connectivity index (χ1v) is 8.13. The second-order valence-electron chi connectivity index (χ2n) is 6.16. The first-order chi connectivity index (χ1) is 10.6. The molecule has 2 atom stereocenters. The lowest BCUT2D eigenvalue weighted by Gasteiger charge is -2.28. The number of amides is 2. The molecule has 142 valence electrons. The van der Waals surface area contributed by atoms with Crippen LogP contribution in [0.25, 0.3) is 0 Å². The minimum Gasteiger partial charge on any atom is -0.379 e. The van der Waals surface area contributed by atoms with Gasteiger partial charge in [-0.05, 0) is 7.05 Å². The quantitative estimate of drug-likeness (QED) is 0.632. The molecule has 2 saturated heterocycles. The van der Waals surface area contributed by atoms with Crippen LogP contribution in [0.1, 0.15) is 13.3 Å². The van der Waals surface area contributed by atoms with Gasteiger partial charge in [0.25, 0.3) is 0 Å². The van der Waals surface area contributed by atoms with Crippen LogP contribution >= 0.6 is 24.8 Å². The molecule has 2 aliphatic rings. The number of nitrogens with one attached hydrogen (secondary N) is 2. The van der Waals surface area contributed by atoms with Gasteiger partial charge in [0, 0.05) is 51.6 Å². The monoisotopic (exact) mass is 384 g/mol. The number of carbonyl (C=O) groups is 2. The van der Waals surface area contributed by atoms with Gasteiger partial charge in [-0.1, -0.05) is 6.92 Å². The molecule has 2 amide bonds. The van der Waals surface area contributed by atoms with Crippen molar-refractivity contribution in [3.8, 4) is 0 Å². The van der Waals surface area contributed by atoms with Crippen LogP contribution in [0.3, 0.4) is 0 Å². The van der Waals surface area contributed by atoms with Crippen LogP contribution in [0.5, 0.6) is 0 Å². The molecule has 9 heteroatoms. The second-order valence-corrected chi connectivity index (χ2v) is 6.16. The molecule has 0 aromatic heterocycles. The van der Waals surface area contributed by atoms with Gasteiger partial charge in [0.05, 0.1) is 19.3 Å². The molecule has 0 aromatic rings. The normalized spacial score (nSPS) is 22.5. The van der Waals surface area contributed by atoms with Crippen LogP contribution in [0, 0.1) is 5.92 Å². The van der Waals surface area contributed by atoms with Crippen molar-refractivity contribution in [3.05, 3.63) is 0 Å². The number of likely N-dealkylation sites (tertiary alicyclic amines) is 1. The standard InChI is InChI=1S/C15H28N4O3.2ClH/c1-12(10-16-2)15(21)17-13-9-14(20)19(11-13)4-3-18-5-7-22-8-6-18;;/h12-13,16H,3-11H2,1-2H3,(H,17,21);2*1H. The summed E-state index contributed by atoms with van der Waals surface area (Å²) in [6.45, 7) is 8.19. The first-order valence-electron chi connectivity index (χ1n) is 8.13. The largest absolute Gasteiger partial charge is 0.379 e. The van der Waals surface area contributed by atoms with Gasteiger partial charge in [0.1, 0.15) is 0 Å². The first kappa shape index (κ1) is 23.4. The molecule has 0 spiro atoms. The third kappa shape index (κ3) is 7.11. The zero-order chi connectivity index (χ0) is 15.9. The van der Waals surface area contributed by atoms with E-state index in [4.69, 9.17) is 4.74 Å². The maximum Gasteiger partial charge on any atom is 0.224 e. The second kappa shape index (κ2) is 11.9. The van der Waals surface area contributed by atoms with Crippen LogP contribution in [-0.4, -0.2) is 87.2 Å². The fourth-order valence-electron chi connectivity index (χ4n) is 2.91. The third-order valence-electron chi connectivity index (χ3n) is 4.31. The number of nitrogens with zero attached hydrogens (tertiary/aromatic N) is 2. The van der Waals surface area contributed by atoms with E-state index in [1.165, 1.54) is 0 Å². The summed E-state index contributed by atoms with van der Waals surface area (Å²) in [7, 11) is 1.83. The lowest BCUT2D eigenvalue weighted by Crippen LogP contribution is -2.44. The average Bonchev–Trinajstić information content (AvgIpc) is 2.86. The van der Waals surface area contributed by atoms with Gasteiger partial charge in [0.2, 0.25) is 11.8 Å². The minimum absolute atomic E-state index is 0. The lowest BCUT2D eigenvalue weighted by molar-refractivity contribution is -0.128. The lowest BCUT2D eigenvalue weighted by atomic mass is 10.1. The molecule has 2 rings (SSSR count). The Kier molecular flexibility index (Phi) is 11.6. The molecule has 24 heavy (non-hydrogen) atoms. The molecule has 2 unspecified atom stereocenters. The molecular weight excluding hydrogens is 355 g/mol. The average molecular weight is 385 g/mol. The minimum atomic E-state index is -0.0810. The molecular formula is C15H30Cl2N4O3. The van der Waals surface area contributed by atoms with Crippen molar-refractivity contribution in [1.29, 1.82) is 0 Å². The van der Waals surface area contributed by atoms with Crippen molar-refractivity contribution >= 4 is 36.6 Å². The molecule has 2 aliphatic heterocycles. The zero-order valence-corrected chi connectivity index (χ0v) is 16.1. The van der Waals surface area contributed by atoms with E-state index >= 15 is 0 Å². The predicted octanol–water partition coefficient (Wildman–Crippen LogP) is -0.265. The van der Waals surface area contributed by atoms with E-state index in [2.05, 4.69) is 15.5 Å². The van der Waals surface area contributed by atoms with Crippen LogP contribution in [-0.2, 0) is 14.3 Å². The van der Waals surface area contributed by atoms with E-state index in [0.717, 1.165) is 39.4 Å². The predicted molar refractivity (Wildman–Crippen MR) is 98.0 cm³/mol. The summed E-state index contributed by atoms with van der Waals surface area (Å²) in [5.74, 6) is 0.0736. The highest BCUT2D eigenvalue weighted by Gasteiger charge is 2.31. The van der Waals surface area contributed by atoms with E-state index in [9.17, 15) is 9.59 Å². The molecule has 7 nitrogen and oxygen atoms in total. The van der Waals surface area contributed by atoms with E-state index in [-0.39, 0.29) is 48.6 Å². The zero-order valence-electron chi connectivity index (χ0n) is 14.5. The van der Waals surface area contributed by atoms with E-state index in [1.807, 2.05) is 18.9 Å². The summed E-state index contributed by atoms with van der Waals surface area (Å²) >= 11 is 0. The maximum absolute atomic E-state index is 12.1. The highest BCUT2D eigenvalue weighted by Crippen LogP contribution is 2.12. The Morgan fingerprint density at radius 3 is 2.58 bits per heavy atom. The van der Waals surface area contributed by atoms with Gasteiger partial charge in [-0.25, -0.2) is 0 Å². The smallest absolute Gasteiger partial charge is 0.224 e. The maximum atomic E-state index is 12.1. The summed E-state index contributed by atoms with van der Waals surface area (Å²) in [5.41, 5.74) is 0. The van der Waals surface area contributed by atoms with Gasteiger partial charge < -0.3 is 20.3 Å². The van der Waals surface area contributed by atoms with E-state index in [1.54, 1.807) is 0 Å². The molecule has 0 radical (unpaired) electrons. The summed E-state index contributed by atoms with van der Waals surface area (Å²) in [6, 6.07) is -0.0519. The van der Waals surface area contributed by atoms with Gasteiger partial charge in [-0.2, -0.15) is 0 Å². The van der Waals surface area contributed by atoms with Gasteiger partial charge in [-0.15, -0.1) is 24.8 Å². The summed E-state index contributed by atoms with van der Waals surface area (Å²) in [5, 5.41) is 5.98. The molecule has 2 N–H and O–H groups in total. The fourth-order valence-corrected chi connectivity index (χ4v) is 2.91. The van der Waals surface area contributed by atoms with Crippen LogP contribution in [0.15, 0.2) is 0 Å². The Morgan fingerprint density at radius 1 is 1.29 bits per heavy atom. The van der Waals surface area contributed by atoms with Gasteiger partial charge >= 0.3 is 0 Å². The Balaban J connectivity index is 0.00000264. The van der Waals surface area contributed by atoms with Crippen molar-refractivity contribution in [3.63, 3.8) is 0 Å². The van der Waals surface area contributed by atoms with Gasteiger partial charge in [-0.3, -0.25) is 14.5 Å². The summed E-state index contributed by atoms with van der Waals surface area (Å²) in [4.78, 5) is 28.2.